The fraction of sp³-hybridized carbons (Fsp3) is 1.00. The average Bonchev–Trinajstić information content (AvgIpc) is 2.08. The van der Waals surface area contributed by atoms with Crippen molar-refractivity contribution in [3.8, 4) is 0 Å². The molecule has 0 aromatic heterocycles. The first-order valence-corrected chi connectivity index (χ1v) is 5.88. The van der Waals surface area contributed by atoms with Gasteiger partial charge in [0.05, 0.1) is 6.10 Å². The lowest BCUT2D eigenvalue weighted by Gasteiger charge is -2.06. The van der Waals surface area contributed by atoms with Gasteiger partial charge in [-0.05, 0) is 44.9 Å². The molecule has 0 heterocycles. The van der Waals surface area contributed by atoms with Crippen LogP contribution in [-0.4, -0.2) is 24.4 Å². The second-order valence-electron chi connectivity index (χ2n) is 4.49. The van der Waals surface area contributed by atoms with Crippen molar-refractivity contribution >= 4 is 0 Å². The SMILES string of the molecule is CC(C)CCCOCCCCC(C)O. The first-order chi connectivity index (χ1) is 6.63. The van der Waals surface area contributed by atoms with Crippen LogP contribution in [-0.2, 0) is 4.74 Å². The molecular formula is C12H26O2. The Hall–Kier alpha value is -0.0800. The zero-order valence-electron chi connectivity index (χ0n) is 9.96. The third-order valence-electron chi connectivity index (χ3n) is 2.23. The molecule has 0 saturated heterocycles. The molecule has 1 atom stereocenters. The Morgan fingerprint density at radius 3 is 2.14 bits per heavy atom. The van der Waals surface area contributed by atoms with Crippen molar-refractivity contribution in [2.75, 3.05) is 13.2 Å². The highest BCUT2D eigenvalue weighted by molar-refractivity contribution is 4.48. The molecule has 0 aromatic carbocycles. The van der Waals surface area contributed by atoms with Gasteiger partial charge in [-0.1, -0.05) is 13.8 Å². The van der Waals surface area contributed by atoms with Gasteiger partial charge in [0.25, 0.3) is 0 Å². The monoisotopic (exact) mass is 202 g/mol. The first kappa shape index (κ1) is 13.9. The van der Waals surface area contributed by atoms with Crippen LogP contribution in [0.1, 0.15) is 52.9 Å². The number of aliphatic hydroxyl groups excluding tert-OH is 1. The highest BCUT2D eigenvalue weighted by Gasteiger charge is 1.96. The molecule has 0 bridgehead atoms. The summed E-state index contributed by atoms with van der Waals surface area (Å²) < 4.78 is 5.48. The van der Waals surface area contributed by atoms with Crippen LogP contribution in [0.25, 0.3) is 0 Å². The van der Waals surface area contributed by atoms with Crippen LogP contribution in [0.4, 0.5) is 0 Å². The minimum atomic E-state index is -0.157. The van der Waals surface area contributed by atoms with Gasteiger partial charge in [0, 0.05) is 13.2 Å². The van der Waals surface area contributed by atoms with Gasteiger partial charge < -0.3 is 9.84 Å². The summed E-state index contributed by atoms with van der Waals surface area (Å²) in [4.78, 5) is 0. The summed E-state index contributed by atoms with van der Waals surface area (Å²) in [5.74, 6) is 0.786. The summed E-state index contributed by atoms with van der Waals surface area (Å²) >= 11 is 0. The molecule has 86 valence electrons. The summed E-state index contributed by atoms with van der Waals surface area (Å²) in [6, 6.07) is 0. The molecule has 0 aliphatic rings. The van der Waals surface area contributed by atoms with Crippen molar-refractivity contribution in [1.29, 1.82) is 0 Å². The molecule has 0 spiro atoms. The van der Waals surface area contributed by atoms with E-state index in [1.54, 1.807) is 0 Å². The second-order valence-corrected chi connectivity index (χ2v) is 4.49. The minimum absolute atomic E-state index is 0.157. The van der Waals surface area contributed by atoms with Gasteiger partial charge in [0.1, 0.15) is 0 Å². The number of hydrogen-bond acceptors (Lipinski definition) is 2. The van der Waals surface area contributed by atoms with Crippen LogP contribution >= 0.6 is 0 Å². The van der Waals surface area contributed by atoms with E-state index in [0.29, 0.717) is 0 Å². The van der Waals surface area contributed by atoms with Gasteiger partial charge in [0.2, 0.25) is 0 Å². The summed E-state index contributed by atoms with van der Waals surface area (Å²) in [5, 5.41) is 9.01. The van der Waals surface area contributed by atoms with Crippen LogP contribution in [0.3, 0.4) is 0 Å². The van der Waals surface area contributed by atoms with Crippen molar-refractivity contribution in [3.63, 3.8) is 0 Å². The average molecular weight is 202 g/mol. The maximum absolute atomic E-state index is 9.01. The van der Waals surface area contributed by atoms with Gasteiger partial charge in [-0.25, -0.2) is 0 Å². The molecule has 0 saturated carbocycles. The van der Waals surface area contributed by atoms with E-state index < -0.39 is 0 Å². The fourth-order valence-corrected chi connectivity index (χ4v) is 1.34. The largest absolute Gasteiger partial charge is 0.393 e. The molecule has 0 amide bonds. The predicted octanol–water partition coefficient (Wildman–Crippen LogP) is 2.99. The Morgan fingerprint density at radius 2 is 1.57 bits per heavy atom. The molecule has 0 aliphatic carbocycles. The Kier molecular flexibility index (Phi) is 9.42. The Balaban J connectivity index is 2.92. The van der Waals surface area contributed by atoms with Gasteiger partial charge in [0.15, 0.2) is 0 Å². The van der Waals surface area contributed by atoms with Crippen molar-refractivity contribution in [2.45, 2.75) is 59.0 Å². The van der Waals surface area contributed by atoms with E-state index in [2.05, 4.69) is 13.8 Å². The van der Waals surface area contributed by atoms with Crippen molar-refractivity contribution in [1.82, 2.24) is 0 Å². The number of unbranched alkanes of at least 4 members (excludes halogenated alkanes) is 1. The van der Waals surface area contributed by atoms with E-state index in [9.17, 15) is 0 Å². The summed E-state index contributed by atoms with van der Waals surface area (Å²) in [7, 11) is 0. The number of rotatable bonds is 9. The van der Waals surface area contributed by atoms with E-state index in [1.165, 1.54) is 12.8 Å². The standard InChI is InChI=1S/C12H26O2/c1-11(2)7-6-10-14-9-5-4-8-12(3)13/h11-13H,4-10H2,1-3H3. The van der Waals surface area contributed by atoms with Gasteiger partial charge in [-0.2, -0.15) is 0 Å². The van der Waals surface area contributed by atoms with E-state index in [4.69, 9.17) is 9.84 Å². The van der Waals surface area contributed by atoms with E-state index in [1.807, 2.05) is 6.92 Å². The molecular weight excluding hydrogens is 176 g/mol. The molecule has 0 fully saturated rings. The molecule has 2 nitrogen and oxygen atoms in total. The summed E-state index contributed by atoms with van der Waals surface area (Å²) in [6.07, 6.45) is 5.32. The highest BCUT2D eigenvalue weighted by Crippen LogP contribution is 2.04. The molecule has 0 radical (unpaired) electrons. The topological polar surface area (TPSA) is 29.5 Å². The minimum Gasteiger partial charge on any atom is -0.393 e. The van der Waals surface area contributed by atoms with Crippen LogP contribution < -0.4 is 0 Å². The third kappa shape index (κ3) is 11.9. The molecule has 0 rings (SSSR count). The molecule has 0 aromatic rings. The van der Waals surface area contributed by atoms with Crippen molar-refractivity contribution < 1.29 is 9.84 Å². The van der Waals surface area contributed by atoms with E-state index >= 15 is 0 Å². The zero-order valence-corrected chi connectivity index (χ0v) is 9.96. The normalized spacial score (nSPS) is 13.5. The lowest BCUT2D eigenvalue weighted by Crippen LogP contribution is -2.02. The summed E-state index contributed by atoms with van der Waals surface area (Å²) in [6.45, 7) is 8.06. The maximum Gasteiger partial charge on any atom is 0.0512 e. The number of aliphatic hydroxyl groups is 1. The van der Waals surface area contributed by atoms with Gasteiger partial charge in [-0.3, -0.25) is 0 Å². The third-order valence-corrected chi connectivity index (χ3v) is 2.23. The highest BCUT2D eigenvalue weighted by atomic mass is 16.5. The van der Waals surface area contributed by atoms with Crippen LogP contribution in [0.2, 0.25) is 0 Å². The fourth-order valence-electron chi connectivity index (χ4n) is 1.34. The summed E-state index contributed by atoms with van der Waals surface area (Å²) in [5.41, 5.74) is 0. The Bertz CT molecular complexity index is 96.9. The first-order valence-electron chi connectivity index (χ1n) is 5.88. The van der Waals surface area contributed by atoms with Gasteiger partial charge >= 0.3 is 0 Å². The predicted molar refractivity (Wildman–Crippen MR) is 60.4 cm³/mol. The molecule has 1 unspecified atom stereocenters. The maximum atomic E-state index is 9.01. The molecule has 2 heteroatoms. The van der Waals surface area contributed by atoms with Crippen molar-refractivity contribution in [2.24, 2.45) is 5.92 Å². The zero-order chi connectivity index (χ0) is 10.8. The van der Waals surface area contributed by atoms with Crippen LogP contribution in [0.5, 0.6) is 0 Å². The number of hydrogen-bond donors (Lipinski definition) is 1. The number of ether oxygens (including phenoxy) is 1. The van der Waals surface area contributed by atoms with E-state index in [-0.39, 0.29) is 6.10 Å². The quantitative estimate of drug-likeness (QED) is 0.582. The van der Waals surface area contributed by atoms with Crippen LogP contribution in [0, 0.1) is 5.92 Å². The van der Waals surface area contributed by atoms with Crippen molar-refractivity contribution in [3.05, 3.63) is 0 Å². The molecule has 1 N–H and O–H groups in total. The van der Waals surface area contributed by atoms with E-state index in [0.717, 1.165) is 38.4 Å². The molecule has 14 heavy (non-hydrogen) atoms. The molecule has 0 aliphatic heterocycles. The Labute approximate surface area is 88.7 Å². The smallest absolute Gasteiger partial charge is 0.0512 e. The van der Waals surface area contributed by atoms with Crippen LogP contribution in [0.15, 0.2) is 0 Å². The second kappa shape index (κ2) is 9.47. The van der Waals surface area contributed by atoms with Gasteiger partial charge in [-0.15, -0.1) is 0 Å². The lowest BCUT2D eigenvalue weighted by atomic mass is 10.1. The Morgan fingerprint density at radius 1 is 0.929 bits per heavy atom. The lowest BCUT2D eigenvalue weighted by molar-refractivity contribution is 0.118.